The second kappa shape index (κ2) is 7.06. The molecule has 0 aliphatic carbocycles. The van der Waals surface area contributed by atoms with Crippen LogP contribution in [-0.2, 0) is 11.2 Å². The fourth-order valence-corrected chi connectivity index (χ4v) is 5.38. The molecule has 146 valence electrons. The molecule has 0 saturated carbocycles. The summed E-state index contributed by atoms with van der Waals surface area (Å²) < 4.78 is 17.3. The van der Waals surface area contributed by atoms with Crippen LogP contribution in [0.3, 0.4) is 0 Å². The number of halogens is 1. The van der Waals surface area contributed by atoms with E-state index in [1.54, 1.807) is 0 Å². The summed E-state index contributed by atoms with van der Waals surface area (Å²) in [5, 5.41) is 4.14. The van der Waals surface area contributed by atoms with E-state index in [4.69, 9.17) is 25.8 Å². The average molecular weight is 392 g/mol. The van der Waals surface area contributed by atoms with E-state index >= 15 is 0 Å². The van der Waals surface area contributed by atoms with Crippen molar-refractivity contribution in [2.24, 2.45) is 16.8 Å². The third-order valence-corrected chi connectivity index (χ3v) is 6.60. The van der Waals surface area contributed by atoms with Gasteiger partial charge >= 0.3 is 0 Å². The zero-order valence-electron chi connectivity index (χ0n) is 15.6. The molecule has 0 radical (unpaired) electrons. The summed E-state index contributed by atoms with van der Waals surface area (Å²) in [4.78, 5) is 6.91. The van der Waals surface area contributed by atoms with Gasteiger partial charge in [0.15, 0.2) is 17.5 Å². The molecule has 1 aromatic rings. The summed E-state index contributed by atoms with van der Waals surface area (Å²) in [6, 6.07) is 3.99. The number of guanidine groups is 1. The Balaban J connectivity index is 1.18. The molecule has 5 rings (SSSR count). The summed E-state index contributed by atoms with van der Waals surface area (Å²) in [6.45, 7) is 4.04. The maximum atomic E-state index is 6.34. The third kappa shape index (κ3) is 3.13. The highest BCUT2D eigenvalue weighted by Gasteiger charge is 2.53. The van der Waals surface area contributed by atoms with E-state index in [-0.39, 0.29) is 0 Å². The number of fused-ring (bicyclic) bond motifs is 6. The standard InChI is InChI=1S/C20H26ClN3O3/c1-22-20(24-10-13-14(11-24)17-3-2-16(13)27-17)23-5-4-12-8-15(21)19-18(9-12)25-6-7-26-19/h8-9,13-14,16-17H,2-7,10-11H2,1H3,(H,22,23). The lowest BCUT2D eigenvalue weighted by Gasteiger charge is -2.24. The van der Waals surface area contributed by atoms with Gasteiger partial charge in [-0.3, -0.25) is 4.99 Å². The van der Waals surface area contributed by atoms with E-state index in [9.17, 15) is 0 Å². The summed E-state index contributed by atoms with van der Waals surface area (Å²) in [5.74, 6) is 3.76. The SMILES string of the molecule is CN=C(NCCc1cc(Cl)c2c(c1)OCCO2)N1CC2C3CCC(O3)C2C1. The predicted octanol–water partition coefficient (Wildman–Crippen LogP) is 2.34. The first-order valence-electron chi connectivity index (χ1n) is 9.92. The summed E-state index contributed by atoms with van der Waals surface area (Å²) in [6.07, 6.45) is 4.27. The van der Waals surface area contributed by atoms with Gasteiger partial charge in [-0.1, -0.05) is 11.6 Å². The Morgan fingerprint density at radius 1 is 1.19 bits per heavy atom. The zero-order valence-corrected chi connectivity index (χ0v) is 16.4. The largest absolute Gasteiger partial charge is 0.486 e. The van der Waals surface area contributed by atoms with Gasteiger partial charge in [0.1, 0.15) is 13.2 Å². The number of aliphatic imine (C=N–C) groups is 1. The van der Waals surface area contributed by atoms with Crippen LogP contribution in [0.5, 0.6) is 11.5 Å². The number of hydrogen-bond acceptors (Lipinski definition) is 4. The van der Waals surface area contributed by atoms with E-state index in [0.29, 0.717) is 48.0 Å². The van der Waals surface area contributed by atoms with Crippen LogP contribution in [0.15, 0.2) is 17.1 Å². The van der Waals surface area contributed by atoms with Crippen LogP contribution in [0.25, 0.3) is 0 Å². The lowest BCUT2D eigenvalue weighted by atomic mass is 9.82. The summed E-state index contributed by atoms with van der Waals surface area (Å²) in [5.41, 5.74) is 1.14. The Hall–Kier alpha value is -1.66. The molecule has 4 heterocycles. The van der Waals surface area contributed by atoms with Crippen molar-refractivity contribution in [3.05, 3.63) is 22.7 Å². The maximum absolute atomic E-state index is 6.34. The number of ether oxygens (including phenoxy) is 3. The van der Waals surface area contributed by atoms with E-state index in [0.717, 1.165) is 43.3 Å². The molecule has 1 N–H and O–H groups in total. The minimum atomic E-state index is 0.475. The van der Waals surface area contributed by atoms with Crippen LogP contribution < -0.4 is 14.8 Å². The molecule has 2 bridgehead atoms. The van der Waals surface area contributed by atoms with Crippen molar-refractivity contribution < 1.29 is 14.2 Å². The first kappa shape index (κ1) is 17.4. The first-order chi connectivity index (χ1) is 13.2. The molecule has 4 atom stereocenters. The number of hydrogen-bond donors (Lipinski definition) is 1. The van der Waals surface area contributed by atoms with Crippen LogP contribution in [0.4, 0.5) is 0 Å². The third-order valence-electron chi connectivity index (χ3n) is 6.32. The Bertz CT molecular complexity index is 738. The fourth-order valence-electron chi connectivity index (χ4n) is 5.09. The van der Waals surface area contributed by atoms with Crippen molar-refractivity contribution in [1.29, 1.82) is 0 Å². The zero-order chi connectivity index (χ0) is 18.4. The highest BCUT2D eigenvalue weighted by molar-refractivity contribution is 6.32. The molecule has 7 heteroatoms. The minimum absolute atomic E-state index is 0.475. The lowest BCUT2D eigenvalue weighted by molar-refractivity contribution is 0.0767. The van der Waals surface area contributed by atoms with Crippen LogP contribution in [-0.4, -0.2) is 63.0 Å². The van der Waals surface area contributed by atoms with Crippen LogP contribution in [0.1, 0.15) is 18.4 Å². The summed E-state index contributed by atoms with van der Waals surface area (Å²) in [7, 11) is 1.86. The topological polar surface area (TPSA) is 55.3 Å². The van der Waals surface area contributed by atoms with Gasteiger partial charge in [0, 0.05) is 38.5 Å². The van der Waals surface area contributed by atoms with Gasteiger partial charge < -0.3 is 24.4 Å². The predicted molar refractivity (Wildman–Crippen MR) is 104 cm³/mol. The highest BCUT2D eigenvalue weighted by Crippen LogP contribution is 2.47. The Kier molecular flexibility index (Phi) is 4.56. The van der Waals surface area contributed by atoms with Crippen LogP contribution in [0, 0.1) is 11.8 Å². The van der Waals surface area contributed by atoms with E-state index < -0.39 is 0 Å². The first-order valence-corrected chi connectivity index (χ1v) is 10.3. The number of rotatable bonds is 3. The van der Waals surface area contributed by atoms with Crippen molar-refractivity contribution in [3.63, 3.8) is 0 Å². The quantitative estimate of drug-likeness (QED) is 0.633. The molecular weight excluding hydrogens is 366 g/mol. The van der Waals surface area contributed by atoms with Gasteiger partial charge in [-0.2, -0.15) is 0 Å². The molecule has 0 aromatic heterocycles. The van der Waals surface area contributed by atoms with Gasteiger partial charge in [0.25, 0.3) is 0 Å². The lowest BCUT2D eigenvalue weighted by Crippen LogP contribution is -2.42. The Labute approximate surface area is 164 Å². The van der Waals surface area contributed by atoms with Crippen molar-refractivity contribution in [3.8, 4) is 11.5 Å². The van der Waals surface area contributed by atoms with E-state index in [2.05, 4.69) is 15.2 Å². The van der Waals surface area contributed by atoms with Crippen molar-refractivity contribution in [2.75, 3.05) is 39.9 Å². The fraction of sp³-hybridized carbons (Fsp3) is 0.650. The number of benzene rings is 1. The molecule has 27 heavy (non-hydrogen) atoms. The molecule has 4 aliphatic heterocycles. The second-order valence-electron chi connectivity index (χ2n) is 7.85. The Morgan fingerprint density at radius 3 is 2.67 bits per heavy atom. The molecule has 6 nitrogen and oxygen atoms in total. The molecule has 0 spiro atoms. The molecule has 4 aliphatic rings. The van der Waals surface area contributed by atoms with Gasteiger partial charge in [0.05, 0.1) is 17.2 Å². The van der Waals surface area contributed by atoms with Gasteiger partial charge in [-0.25, -0.2) is 0 Å². The Morgan fingerprint density at radius 2 is 1.93 bits per heavy atom. The van der Waals surface area contributed by atoms with Crippen molar-refractivity contribution >= 4 is 17.6 Å². The number of likely N-dealkylation sites (tertiary alicyclic amines) is 1. The smallest absolute Gasteiger partial charge is 0.193 e. The minimum Gasteiger partial charge on any atom is -0.486 e. The molecular formula is C20H26ClN3O3. The second-order valence-corrected chi connectivity index (χ2v) is 8.26. The van der Waals surface area contributed by atoms with Crippen molar-refractivity contribution in [1.82, 2.24) is 10.2 Å². The number of nitrogens with zero attached hydrogens (tertiary/aromatic N) is 2. The monoisotopic (exact) mass is 391 g/mol. The number of nitrogens with one attached hydrogen (secondary N) is 1. The van der Waals surface area contributed by atoms with Gasteiger partial charge in [-0.15, -0.1) is 0 Å². The van der Waals surface area contributed by atoms with Crippen LogP contribution >= 0.6 is 11.6 Å². The molecule has 3 fully saturated rings. The molecule has 0 amide bonds. The molecule has 4 unspecified atom stereocenters. The maximum Gasteiger partial charge on any atom is 0.193 e. The normalized spacial score (nSPS) is 31.3. The molecule has 3 saturated heterocycles. The van der Waals surface area contributed by atoms with Crippen molar-refractivity contribution in [2.45, 2.75) is 31.5 Å². The summed E-state index contributed by atoms with van der Waals surface area (Å²) >= 11 is 6.34. The van der Waals surface area contributed by atoms with E-state index in [1.165, 1.54) is 12.8 Å². The average Bonchev–Trinajstić information content (AvgIpc) is 3.38. The highest BCUT2D eigenvalue weighted by atomic mass is 35.5. The molecule has 1 aromatic carbocycles. The van der Waals surface area contributed by atoms with Gasteiger partial charge in [0.2, 0.25) is 0 Å². The van der Waals surface area contributed by atoms with Gasteiger partial charge in [-0.05, 0) is 37.0 Å². The van der Waals surface area contributed by atoms with Crippen LogP contribution in [0.2, 0.25) is 5.02 Å². The van der Waals surface area contributed by atoms with E-state index in [1.807, 2.05) is 19.2 Å².